The van der Waals surface area contributed by atoms with Crippen molar-refractivity contribution >= 4 is 15.8 Å². The van der Waals surface area contributed by atoms with Crippen LogP contribution in [0, 0.1) is 0 Å². The molecule has 0 atom stereocenters. The van der Waals surface area contributed by atoms with E-state index in [4.69, 9.17) is 5.73 Å². The fourth-order valence-corrected chi connectivity index (χ4v) is 3.63. The third-order valence-corrected chi connectivity index (χ3v) is 4.91. The average Bonchev–Trinajstić information content (AvgIpc) is 2.90. The molecule has 118 valence electrons. The monoisotopic (exact) mass is 331 g/mol. The van der Waals surface area contributed by atoms with E-state index in [0.717, 1.165) is 6.07 Å². The number of sulfone groups is 1. The van der Waals surface area contributed by atoms with Crippen molar-refractivity contribution in [3.63, 3.8) is 0 Å². The number of nitrogens with one attached hydrogen (secondary N) is 1. The van der Waals surface area contributed by atoms with Crippen molar-refractivity contribution in [2.45, 2.75) is 9.79 Å². The highest BCUT2D eigenvalue weighted by Crippen LogP contribution is 2.28. The molecular weight excluding hydrogens is 318 g/mol. The van der Waals surface area contributed by atoms with E-state index in [1.807, 2.05) is 0 Å². The number of rotatable bonds is 3. The maximum absolute atomic E-state index is 12.8. The molecule has 3 rings (SSSR count). The predicted molar refractivity (Wildman–Crippen MR) is 83.4 cm³/mol. The van der Waals surface area contributed by atoms with Gasteiger partial charge in [0, 0.05) is 19.3 Å². The molecule has 23 heavy (non-hydrogen) atoms. The van der Waals surface area contributed by atoms with E-state index in [2.05, 4.69) is 15.1 Å². The Hall–Kier alpha value is -2.94. The van der Waals surface area contributed by atoms with E-state index in [1.165, 1.54) is 23.0 Å². The number of aryl methyl sites for hydroxylation is 1. The Morgan fingerprint density at radius 1 is 1.22 bits per heavy atom. The van der Waals surface area contributed by atoms with Crippen LogP contribution in [0.25, 0.3) is 11.4 Å². The van der Waals surface area contributed by atoms with Gasteiger partial charge in [0.1, 0.15) is 16.3 Å². The average molecular weight is 331 g/mol. The van der Waals surface area contributed by atoms with Crippen LogP contribution in [0.2, 0.25) is 0 Å². The highest BCUT2D eigenvalue weighted by molar-refractivity contribution is 7.91. The lowest BCUT2D eigenvalue weighted by molar-refractivity contribution is 0.596. The van der Waals surface area contributed by atoms with Crippen molar-refractivity contribution in [3.05, 3.63) is 52.9 Å². The number of nitrogens with two attached hydrogens (primary N) is 1. The first kappa shape index (κ1) is 15.0. The largest absolute Gasteiger partial charge is 0.369 e. The maximum Gasteiger partial charge on any atom is 0.252 e. The van der Waals surface area contributed by atoms with Crippen LogP contribution >= 0.6 is 0 Å². The van der Waals surface area contributed by atoms with Crippen molar-refractivity contribution in [2.24, 2.45) is 7.05 Å². The maximum atomic E-state index is 12.8. The molecule has 0 aliphatic rings. The van der Waals surface area contributed by atoms with Crippen molar-refractivity contribution in [3.8, 4) is 11.4 Å². The Morgan fingerprint density at radius 2 is 1.91 bits per heavy atom. The summed E-state index contributed by atoms with van der Waals surface area (Å²) in [5.41, 5.74) is 5.21. The van der Waals surface area contributed by atoms with Gasteiger partial charge in [-0.1, -0.05) is 18.2 Å². The minimum absolute atomic E-state index is 0.0382. The molecule has 3 aromatic rings. The third-order valence-electron chi connectivity index (χ3n) is 3.14. The first-order valence-corrected chi connectivity index (χ1v) is 8.07. The molecule has 0 aliphatic heterocycles. The number of hydrogen-bond donors (Lipinski definition) is 2. The molecule has 0 spiro atoms. The van der Waals surface area contributed by atoms with Crippen molar-refractivity contribution in [2.75, 3.05) is 5.73 Å². The summed E-state index contributed by atoms with van der Waals surface area (Å²) in [6.45, 7) is 0. The number of benzene rings is 1. The number of aromatic nitrogens is 4. The van der Waals surface area contributed by atoms with Gasteiger partial charge in [-0.15, -0.1) is 0 Å². The van der Waals surface area contributed by atoms with Gasteiger partial charge in [0.2, 0.25) is 15.8 Å². The number of anilines is 1. The summed E-state index contributed by atoms with van der Waals surface area (Å²) in [4.78, 5) is 17.9. The Labute approximate surface area is 131 Å². The van der Waals surface area contributed by atoms with Crippen LogP contribution in [0.3, 0.4) is 0 Å². The van der Waals surface area contributed by atoms with Gasteiger partial charge in [-0.3, -0.25) is 14.5 Å². The lowest BCUT2D eigenvalue weighted by atomic mass is 10.3. The van der Waals surface area contributed by atoms with Gasteiger partial charge in [0.25, 0.3) is 5.56 Å². The van der Waals surface area contributed by atoms with Crippen LogP contribution in [0.5, 0.6) is 0 Å². The quantitative estimate of drug-likeness (QED) is 0.723. The van der Waals surface area contributed by atoms with E-state index in [9.17, 15) is 13.2 Å². The minimum Gasteiger partial charge on any atom is -0.369 e. The van der Waals surface area contributed by atoms with Crippen molar-refractivity contribution in [1.82, 2.24) is 19.7 Å². The Bertz CT molecular complexity index is 1020. The summed E-state index contributed by atoms with van der Waals surface area (Å²) in [5, 5.41) is 4.12. The van der Waals surface area contributed by atoms with Crippen LogP contribution in [0.15, 0.2) is 57.2 Å². The van der Waals surface area contributed by atoms with Gasteiger partial charge < -0.3 is 5.73 Å². The van der Waals surface area contributed by atoms with E-state index in [1.54, 1.807) is 25.2 Å². The molecule has 2 aromatic heterocycles. The second-order valence-electron chi connectivity index (χ2n) is 4.85. The summed E-state index contributed by atoms with van der Waals surface area (Å²) in [7, 11) is -2.21. The Balaban J connectivity index is 2.25. The Morgan fingerprint density at radius 3 is 2.57 bits per heavy atom. The number of nitrogen functional groups attached to an aromatic ring is 1. The van der Waals surface area contributed by atoms with E-state index in [-0.39, 0.29) is 27.1 Å². The van der Waals surface area contributed by atoms with Crippen LogP contribution in [-0.4, -0.2) is 28.2 Å². The molecule has 0 amide bonds. The normalized spacial score (nSPS) is 11.5. The van der Waals surface area contributed by atoms with E-state index < -0.39 is 15.4 Å². The first-order chi connectivity index (χ1) is 10.9. The van der Waals surface area contributed by atoms with Crippen molar-refractivity contribution < 1.29 is 8.42 Å². The van der Waals surface area contributed by atoms with Gasteiger partial charge in [0.05, 0.1) is 4.90 Å². The molecule has 0 aliphatic carbocycles. The number of nitrogens with zero attached hydrogens (tertiary/aromatic N) is 3. The zero-order valence-electron chi connectivity index (χ0n) is 12.1. The molecule has 9 heteroatoms. The molecule has 0 saturated heterocycles. The third kappa shape index (κ3) is 2.73. The minimum atomic E-state index is -3.80. The molecular formula is C14H13N5O3S. The lowest BCUT2D eigenvalue weighted by Crippen LogP contribution is -2.11. The molecule has 0 radical (unpaired) electrons. The smallest absolute Gasteiger partial charge is 0.252 e. The van der Waals surface area contributed by atoms with Gasteiger partial charge in [-0.25, -0.2) is 13.4 Å². The lowest BCUT2D eigenvalue weighted by Gasteiger charge is -2.04. The van der Waals surface area contributed by atoms with Gasteiger partial charge >= 0.3 is 0 Å². The van der Waals surface area contributed by atoms with Crippen molar-refractivity contribution in [1.29, 1.82) is 0 Å². The molecule has 8 nitrogen and oxygen atoms in total. The Kier molecular flexibility index (Phi) is 3.49. The highest BCUT2D eigenvalue weighted by atomic mass is 32.2. The van der Waals surface area contributed by atoms with Crippen LogP contribution in [0.1, 0.15) is 0 Å². The van der Waals surface area contributed by atoms with Crippen LogP contribution in [0.4, 0.5) is 5.95 Å². The van der Waals surface area contributed by atoms with Crippen LogP contribution < -0.4 is 11.3 Å². The SMILES string of the molecule is Cn1cc(S(=O)(=O)c2ccccc2)c(-c2cc(=O)[nH]c(N)n2)n1. The van der Waals surface area contributed by atoms with E-state index in [0.29, 0.717) is 0 Å². The molecule has 0 bridgehead atoms. The fraction of sp³-hybridized carbons (Fsp3) is 0.0714. The summed E-state index contributed by atoms with van der Waals surface area (Å²) in [6, 6.07) is 9.13. The van der Waals surface area contributed by atoms with E-state index >= 15 is 0 Å². The summed E-state index contributed by atoms with van der Waals surface area (Å²) in [5.74, 6) is -0.110. The fourth-order valence-electron chi connectivity index (χ4n) is 2.17. The van der Waals surface area contributed by atoms with Crippen LogP contribution in [-0.2, 0) is 16.9 Å². The number of hydrogen-bond acceptors (Lipinski definition) is 6. The zero-order chi connectivity index (χ0) is 16.6. The summed E-state index contributed by atoms with van der Waals surface area (Å²) >= 11 is 0. The zero-order valence-corrected chi connectivity index (χ0v) is 12.9. The molecule has 0 unspecified atom stereocenters. The highest BCUT2D eigenvalue weighted by Gasteiger charge is 2.26. The molecule has 0 saturated carbocycles. The second kappa shape index (κ2) is 5.36. The number of aromatic amines is 1. The van der Waals surface area contributed by atoms with Gasteiger partial charge in [-0.05, 0) is 12.1 Å². The molecule has 3 N–H and O–H groups in total. The molecule has 2 heterocycles. The number of H-pyrrole nitrogens is 1. The summed E-state index contributed by atoms with van der Waals surface area (Å²) in [6.07, 6.45) is 1.37. The first-order valence-electron chi connectivity index (χ1n) is 6.59. The second-order valence-corrected chi connectivity index (χ2v) is 6.77. The predicted octanol–water partition coefficient (Wildman–Crippen LogP) is 0.585. The standard InChI is InChI=1S/C14H13N5O3S/c1-19-8-11(23(21,22)9-5-3-2-4-6-9)13(18-19)10-7-12(20)17-14(15)16-10/h2-8H,1H3,(H3,15,16,17,20). The molecule has 0 fully saturated rings. The summed E-state index contributed by atoms with van der Waals surface area (Å²) < 4.78 is 27.0. The topological polar surface area (TPSA) is 124 Å². The molecule has 1 aromatic carbocycles. The van der Waals surface area contributed by atoms with Gasteiger partial charge in [0.15, 0.2) is 0 Å². The van der Waals surface area contributed by atoms with Gasteiger partial charge in [-0.2, -0.15) is 5.10 Å².